The van der Waals surface area contributed by atoms with E-state index in [0.29, 0.717) is 22.9 Å². The number of aromatic nitrogens is 1. The molecule has 1 aromatic carbocycles. The summed E-state index contributed by atoms with van der Waals surface area (Å²) in [7, 11) is -3.75. The van der Waals surface area contributed by atoms with E-state index in [9.17, 15) is 8.42 Å². The molecule has 0 unspecified atom stereocenters. The van der Waals surface area contributed by atoms with Gasteiger partial charge < -0.3 is 4.74 Å². The molecule has 0 saturated heterocycles. The van der Waals surface area contributed by atoms with E-state index in [-0.39, 0.29) is 10.7 Å². The number of hydrogen-bond donors (Lipinski definition) is 1. The van der Waals surface area contributed by atoms with Crippen LogP contribution in [0.5, 0.6) is 5.75 Å². The number of nitrogens with zero attached hydrogens (tertiary/aromatic N) is 1. The molecule has 0 aliphatic rings. The summed E-state index contributed by atoms with van der Waals surface area (Å²) in [4.78, 5) is 4.11. The van der Waals surface area contributed by atoms with Crippen LogP contribution in [0.1, 0.15) is 18.1 Å². The summed E-state index contributed by atoms with van der Waals surface area (Å²) in [5.74, 6) is 0.764. The molecule has 7 heteroatoms. The van der Waals surface area contributed by atoms with E-state index in [1.807, 2.05) is 13.8 Å². The van der Waals surface area contributed by atoms with Gasteiger partial charge in [-0.05, 0) is 44.0 Å². The van der Waals surface area contributed by atoms with Crippen LogP contribution in [0.3, 0.4) is 0 Å². The second kappa shape index (κ2) is 6.54. The lowest BCUT2D eigenvalue weighted by Crippen LogP contribution is -2.15. The largest absolute Gasteiger partial charge is 0.494 e. The predicted molar refractivity (Wildman–Crippen MR) is 87.1 cm³/mol. The molecule has 5 nitrogen and oxygen atoms in total. The number of anilines is 1. The third kappa shape index (κ3) is 3.69. The molecule has 22 heavy (non-hydrogen) atoms. The van der Waals surface area contributed by atoms with Crippen LogP contribution in [0.25, 0.3) is 0 Å². The molecule has 0 radical (unpaired) electrons. The number of benzene rings is 1. The summed E-state index contributed by atoms with van der Waals surface area (Å²) in [6, 6.07) is 6.40. The van der Waals surface area contributed by atoms with Crippen LogP contribution in [0.15, 0.2) is 35.4 Å². The Balaban J connectivity index is 2.40. The van der Waals surface area contributed by atoms with Gasteiger partial charge in [0, 0.05) is 12.3 Å². The third-order valence-electron chi connectivity index (χ3n) is 3.03. The molecule has 0 aliphatic carbocycles. The smallest absolute Gasteiger partial charge is 0.263 e. The molecule has 1 aromatic heterocycles. The van der Waals surface area contributed by atoms with Crippen molar-refractivity contribution < 1.29 is 13.2 Å². The standard InChI is InChI=1S/C15H17ClN2O3S/c1-4-21-13-8-14(11(3)7-10(13)2)22(19,20)18-15-6-5-12(16)9-17-15/h5-9H,4H2,1-3H3,(H,17,18). The summed E-state index contributed by atoms with van der Waals surface area (Å²) in [6.07, 6.45) is 1.38. The highest BCUT2D eigenvalue weighted by molar-refractivity contribution is 7.92. The Morgan fingerprint density at radius 3 is 2.55 bits per heavy atom. The topological polar surface area (TPSA) is 68.3 Å². The maximum absolute atomic E-state index is 12.5. The highest BCUT2D eigenvalue weighted by Crippen LogP contribution is 2.27. The van der Waals surface area contributed by atoms with Crippen molar-refractivity contribution in [2.24, 2.45) is 0 Å². The molecule has 2 rings (SSSR count). The van der Waals surface area contributed by atoms with Gasteiger partial charge in [0.15, 0.2) is 0 Å². The highest BCUT2D eigenvalue weighted by Gasteiger charge is 2.19. The Morgan fingerprint density at radius 1 is 1.23 bits per heavy atom. The van der Waals surface area contributed by atoms with E-state index in [4.69, 9.17) is 16.3 Å². The number of rotatable bonds is 5. The zero-order valence-corrected chi connectivity index (χ0v) is 14.1. The third-order valence-corrected chi connectivity index (χ3v) is 4.75. The number of hydrogen-bond acceptors (Lipinski definition) is 4. The Morgan fingerprint density at radius 2 is 1.95 bits per heavy atom. The van der Waals surface area contributed by atoms with Crippen molar-refractivity contribution in [1.29, 1.82) is 0 Å². The van der Waals surface area contributed by atoms with Gasteiger partial charge in [-0.2, -0.15) is 0 Å². The van der Waals surface area contributed by atoms with Crippen molar-refractivity contribution in [1.82, 2.24) is 4.98 Å². The normalized spacial score (nSPS) is 11.3. The van der Waals surface area contributed by atoms with Crippen LogP contribution >= 0.6 is 11.6 Å². The van der Waals surface area contributed by atoms with Crippen LogP contribution in [-0.2, 0) is 10.0 Å². The number of sulfonamides is 1. The summed E-state index contributed by atoms with van der Waals surface area (Å²) in [6.45, 7) is 5.94. The summed E-state index contributed by atoms with van der Waals surface area (Å²) in [5, 5.41) is 0.438. The minimum absolute atomic E-state index is 0.165. The Labute approximate surface area is 135 Å². The average molecular weight is 341 g/mol. The van der Waals surface area contributed by atoms with Crippen LogP contribution in [0, 0.1) is 13.8 Å². The first kappa shape index (κ1) is 16.6. The fourth-order valence-corrected chi connectivity index (χ4v) is 3.41. The fourth-order valence-electron chi connectivity index (χ4n) is 2.04. The Kier molecular flexibility index (Phi) is 4.93. The van der Waals surface area contributed by atoms with E-state index in [1.54, 1.807) is 19.1 Å². The van der Waals surface area contributed by atoms with Gasteiger partial charge in [0.05, 0.1) is 16.5 Å². The fraction of sp³-hybridized carbons (Fsp3) is 0.267. The predicted octanol–water partition coefficient (Wildman–Crippen LogP) is 3.55. The molecule has 0 saturated carbocycles. The maximum atomic E-state index is 12.5. The summed E-state index contributed by atoms with van der Waals surface area (Å²) < 4.78 is 33.0. The second-order valence-corrected chi connectivity index (χ2v) is 6.87. The van der Waals surface area contributed by atoms with Crippen molar-refractivity contribution in [2.45, 2.75) is 25.7 Å². The van der Waals surface area contributed by atoms with Gasteiger partial charge in [-0.3, -0.25) is 4.72 Å². The first-order valence-electron chi connectivity index (χ1n) is 6.72. The van der Waals surface area contributed by atoms with E-state index < -0.39 is 10.0 Å². The molecule has 0 fully saturated rings. The van der Waals surface area contributed by atoms with E-state index >= 15 is 0 Å². The summed E-state index contributed by atoms with van der Waals surface area (Å²) >= 11 is 5.74. The molecular formula is C15H17ClN2O3S. The maximum Gasteiger partial charge on any atom is 0.263 e. The van der Waals surface area contributed by atoms with E-state index in [1.165, 1.54) is 18.3 Å². The monoisotopic (exact) mass is 340 g/mol. The quantitative estimate of drug-likeness (QED) is 0.903. The molecule has 0 amide bonds. The first-order chi connectivity index (χ1) is 10.3. The lowest BCUT2D eigenvalue weighted by molar-refractivity contribution is 0.337. The Hall–Kier alpha value is -1.79. The second-order valence-electron chi connectivity index (χ2n) is 4.78. The van der Waals surface area contributed by atoms with Gasteiger partial charge >= 0.3 is 0 Å². The minimum Gasteiger partial charge on any atom is -0.494 e. The van der Waals surface area contributed by atoms with E-state index in [2.05, 4.69) is 9.71 Å². The van der Waals surface area contributed by atoms with Gasteiger partial charge in [-0.1, -0.05) is 17.7 Å². The number of halogens is 1. The van der Waals surface area contributed by atoms with Crippen molar-refractivity contribution in [3.05, 3.63) is 46.6 Å². The number of pyridine rings is 1. The molecule has 0 atom stereocenters. The molecule has 1 heterocycles. The van der Waals surface area contributed by atoms with Gasteiger partial charge in [0.1, 0.15) is 11.6 Å². The number of ether oxygens (including phenoxy) is 1. The minimum atomic E-state index is -3.75. The molecule has 1 N–H and O–H groups in total. The Bertz CT molecular complexity index is 774. The molecule has 118 valence electrons. The van der Waals surface area contributed by atoms with Gasteiger partial charge in [-0.15, -0.1) is 0 Å². The highest BCUT2D eigenvalue weighted by atomic mass is 35.5. The lowest BCUT2D eigenvalue weighted by atomic mass is 10.1. The molecule has 0 bridgehead atoms. The number of nitrogens with one attached hydrogen (secondary N) is 1. The number of aryl methyl sites for hydroxylation is 2. The lowest BCUT2D eigenvalue weighted by Gasteiger charge is -2.14. The van der Waals surface area contributed by atoms with Crippen molar-refractivity contribution >= 4 is 27.4 Å². The summed E-state index contributed by atoms with van der Waals surface area (Å²) in [5.41, 5.74) is 1.53. The van der Waals surface area contributed by atoms with Gasteiger partial charge in [-0.25, -0.2) is 13.4 Å². The molecule has 2 aromatic rings. The SMILES string of the molecule is CCOc1cc(S(=O)(=O)Nc2ccc(Cl)cn2)c(C)cc1C. The van der Waals surface area contributed by atoms with Gasteiger partial charge in [0.25, 0.3) is 10.0 Å². The van der Waals surface area contributed by atoms with Crippen molar-refractivity contribution in [3.63, 3.8) is 0 Å². The van der Waals surface area contributed by atoms with E-state index in [0.717, 1.165) is 5.56 Å². The zero-order valence-electron chi connectivity index (χ0n) is 12.6. The molecule has 0 aliphatic heterocycles. The molecular weight excluding hydrogens is 324 g/mol. The zero-order chi connectivity index (χ0) is 16.3. The van der Waals surface area contributed by atoms with Crippen LogP contribution in [-0.4, -0.2) is 20.0 Å². The van der Waals surface area contributed by atoms with Crippen LogP contribution in [0.2, 0.25) is 5.02 Å². The molecule has 0 spiro atoms. The average Bonchev–Trinajstić information content (AvgIpc) is 2.44. The van der Waals surface area contributed by atoms with Gasteiger partial charge in [0.2, 0.25) is 0 Å². The van der Waals surface area contributed by atoms with Crippen molar-refractivity contribution in [3.8, 4) is 5.75 Å². The van der Waals surface area contributed by atoms with Crippen molar-refractivity contribution in [2.75, 3.05) is 11.3 Å². The van der Waals surface area contributed by atoms with Crippen LogP contribution < -0.4 is 9.46 Å². The first-order valence-corrected chi connectivity index (χ1v) is 8.58. The van der Waals surface area contributed by atoms with Crippen LogP contribution in [0.4, 0.5) is 5.82 Å².